The predicted molar refractivity (Wildman–Crippen MR) is 117 cm³/mol. The van der Waals surface area contributed by atoms with Crippen LogP contribution in [0.15, 0.2) is 42.9 Å². The molecule has 0 saturated carbocycles. The number of para-hydroxylation sites is 1. The van der Waals surface area contributed by atoms with E-state index >= 15 is 0 Å². The Hall–Kier alpha value is -2.53. The van der Waals surface area contributed by atoms with Gasteiger partial charge in [-0.3, -0.25) is 4.98 Å². The minimum absolute atomic E-state index is 0.343. The number of hydrogen-bond donors (Lipinski definition) is 1. The average Bonchev–Trinajstić information content (AvgIpc) is 3.06. The topological polar surface area (TPSA) is 50.7 Å². The van der Waals surface area contributed by atoms with Crippen molar-refractivity contribution in [3.8, 4) is 0 Å². The molecule has 3 heterocycles. The van der Waals surface area contributed by atoms with Crippen LogP contribution in [0, 0.1) is 11.3 Å². The van der Waals surface area contributed by atoms with E-state index < -0.39 is 0 Å². The Balaban J connectivity index is 1.59. The molecule has 0 fully saturated rings. The molecule has 4 nitrogen and oxygen atoms in total. The standard InChI is InChI=1S/C23H24N4S/c1-23(2,3)15-9-10-16-18(12-15)28-22-19(16)21(25-13-26-22)27-17-8-4-6-14-7-5-11-24-20(14)17/h4-8,11,13,15H,9-10,12H2,1-3H3,(H,25,26,27). The second kappa shape index (κ2) is 6.52. The van der Waals surface area contributed by atoms with Gasteiger partial charge < -0.3 is 5.32 Å². The highest BCUT2D eigenvalue weighted by atomic mass is 32.1. The number of thiophene rings is 1. The van der Waals surface area contributed by atoms with Crippen molar-refractivity contribution < 1.29 is 0 Å². The fraction of sp³-hybridized carbons (Fsp3) is 0.348. The molecule has 1 aromatic carbocycles. The van der Waals surface area contributed by atoms with Crippen molar-refractivity contribution in [1.82, 2.24) is 15.0 Å². The smallest absolute Gasteiger partial charge is 0.142 e. The molecule has 4 aromatic rings. The molecule has 1 unspecified atom stereocenters. The number of nitrogens with zero attached hydrogens (tertiary/aromatic N) is 3. The van der Waals surface area contributed by atoms with E-state index in [0.717, 1.165) is 46.0 Å². The molecule has 142 valence electrons. The second-order valence-electron chi connectivity index (χ2n) is 8.72. The predicted octanol–water partition coefficient (Wildman–Crippen LogP) is 6.13. The average molecular weight is 389 g/mol. The maximum Gasteiger partial charge on any atom is 0.142 e. The SMILES string of the molecule is CC(C)(C)C1CCc2c(sc3ncnc(Nc4cccc5cccnc45)c23)C1. The van der Waals surface area contributed by atoms with Gasteiger partial charge >= 0.3 is 0 Å². The van der Waals surface area contributed by atoms with Crippen LogP contribution in [0.4, 0.5) is 11.5 Å². The molecule has 0 aliphatic heterocycles. The van der Waals surface area contributed by atoms with Crippen LogP contribution in [0.5, 0.6) is 0 Å². The number of fused-ring (bicyclic) bond motifs is 4. The van der Waals surface area contributed by atoms with Crippen molar-refractivity contribution in [2.45, 2.75) is 40.0 Å². The van der Waals surface area contributed by atoms with Gasteiger partial charge in [0, 0.05) is 16.5 Å². The van der Waals surface area contributed by atoms with E-state index in [1.54, 1.807) is 6.33 Å². The van der Waals surface area contributed by atoms with E-state index in [4.69, 9.17) is 0 Å². The first-order valence-electron chi connectivity index (χ1n) is 9.87. The summed E-state index contributed by atoms with van der Waals surface area (Å²) in [7, 11) is 0. The summed E-state index contributed by atoms with van der Waals surface area (Å²) in [6, 6.07) is 10.3. The summed E-state index contributed by atoms with van der Waals surface area (Å²) in [6.45, 7) is 7.07. The zero-order valence-corrected chi connectivity index (χ0v) is 17.3. The van der Waals surface area contributed by atoms with E-state index in [-0.39, 0.29) is 0 Å². The zero-order valence-electron chi connectivity index (χ0n) is 16.5. The van der Waals surface area contributed by atoms with Gasteiger partial charge in [0.05, 0.1) is 16.6 Å². The molecule has 0 saturated heterocycles. The fourth-order valence-corrected chi connectivity index (χ4v) is 5.54. The van der Waals surface area contributed by atoms with Crippen LogP contribution in [0.1, 0.15) is 37.6 Å². The molecule has 0 bridgehead atoms. The first kappa shape index (κ1) is 17.6. The van der Waals surface area contributed by atoms with Crippen LogP contribution in [-0.4, -0.2) is 15.0 Å². The third kappa shape index (κ3) is 2.94. The molecule has 1 N–H and O–H groups in total. The van der Waals surface area contributed by atoms with Crippen molar-refractivity contribution in [3.63, 3.8) is 0 Å². The lowest BCUT2D eigenvalue weighted by Gasteiger charge is -2.33. The van der Waals surface area contributed by atoms with Crippen LogP contribution >= 0.6 is 11.3 Å². The number of pyridine rings is 1. The third-order valence-electron chi connectivity index (χ3n) is 5.96. The minimum Gasteiger partial charge on any atom is -0.338 e. The highest BCUT2D eigenvalue weighted by Gasteiger charge is 2.31. The van der Waals surface area contributed by atoms with E-state index in [0.29, 0.717) is 5.41 Å². The van der Waals surface area contributed by atoms with E-state index in [2.05, 4.69) is 65.3 Å². The summed E-state index contributed by atoms with van der Waals surface area (Å²) in [5.41, 5.74) is 3.74. The first-order chi connectivity index (χ1) is 13.5. The quantitative estimate of drug-likeness (QED) is 0.448. The molecule has 0 amide bonds. The second-order valence-corrected chi connectivity index (χ2v) is 9.80. The highest BCUT2D eigenvalue weighted by Crippen LogP contribution is 2.44. The molecule has 5 rings (SSSR count). The molecule has 1 aliphatic rings. The van der Waals surface area contributed by atoms with Crippen molar-refractivity contribution in [3.05, 3.63) is 53.3 Å². The van der Waals surface area contributed by atoms with Crippen molar-refractivity contribution >= 4 is 44.0 Å². The summed E-state index contributed by atoms with van der Waals surface area (Å²) < 4.78 is 0. The number of nitrogens with one attached hydrogen (secondary N) is 1. The monoisotopic (exact) mass is 388 g/mol. The zero-order chi connectivity index (χ0) is 19.3. The Morgan fingerprint density at radius 3 is 2.79 bits per heavy atom. The van der Waals surface area contributed by atoms with Crippen LogP contribution in [0.3, 0.4) is 0 Å². The normalized spacial score (nSPS) is 17.0. The van der Waals surface area contributed by atoms with Gasteiger partial charge in [0.2, 0.25) is 0 Å². The summed E-state index contributed by atoms with van der Waals surface area (Å²) >= 11 is 1.84. The molecule has 1 atom stereocenters. The fourth-order valence-electron chi connectivity index (χ4n) is 4.28. The van der Waals surface area contributed by atoms with Gasteiger partial charge in [0.25, 0.3) is 0 Å². The van der Waals surface area contributed by atoms with Gasteiger partial charge in [-0.25, -0.2) is 9.97 Å². The lowest BCUT2D eigenvalue weighted by Crippen LogP contribution is -2.26. The minimum atomic E-state index is 0.343. The molecule has 0 spiro atoms. The van der Waals surface area contributed by atoms with Gasteiger partial charge in [-0.15, -0.1) is 11.3 Å². The summed E-state index contributed by atoms with van der Waals surface area (Å²) in [5.74, 6) is 1.62. The maximum atomic E-state index is 4.61. The van der Waals surface area contributed by atoms with E-state index in [9.17, 15) is 0 Å². The number of hydrogen-bond acceptors (Lipinski definition) is 5. The first-order valence-corrected chi connectivity index (χ1v) is 10.7. The number of aryl methyl sites for hydroxylation is 1. The molecular formula is C23H24N4S. The maximum absolute atomic E-state index is 4.61. The molecule has 0 radical (unpaired) electrons. The van der Waals surface area contributed by atoms with Crippen LogP contribution in [-0.2, 0) is 12.8 Å². The Morgan fingerprint density at radius 2 is 1.93 bits per heavy atom. The van der Waals surface area contributed by atoms with Crippen molar-refractivity contribution in [2.75, 3.05) is 5.32 Å². The van der Waals surface area contributed by atoms with E-state index in [1.807, 2.05) is 23.6 Å². The number of benzene rings is 1. The van der Waals surface area contributed by atoms with Gasteiger partial charge in [0.1, 0.15) is 17.0 Å². The highest BCUT2D eigenvalue weighted by molar-refractivity contribution is 7.19. The Labute approximate surface area is 169 Å². The van der Waals surface area contributed by atoms with Gasteiger partial charge in [-0.1, -0.05) is 39.0 Å². The molecular weight excluding hydrogens is 364 g/mol. The van der Waals surface area contributed by atoms with Gasteiger partial charge in [-0.2, -0.15) is 0 Å². The van der Waals surface area contributed by atoms with Gasteiger partial charge in [0.15, 0.2) is 0 Å². The molecule has 5 heteroatoms. The summed E-state index contributed by atoms with van der Waals surface area (Å²) in [6.07, 6.45) is 6.99. The van der Waals surface area contributed by atoms with Gasteiger partial charge in [-0.05, 0) is 48.3 Å². The lowest BCUT2D eigenvalue weighted by atomic mass is 9.72. The van der Waals surface area contributed by atoms with Crippen molar-refractivity contribution in [2.24, 2.45) is 11.3 Å². The Kier molecular flexibility index (Phi) is 4.09. The third-order valence-corrected chi connectivity index (χ3v) is 7.12. The number of anilines is 2. The summed E-state index contributed by atoms with van der Waals surface area (Å²) in [5, 5.41) is 5.88. The largest absolute Gasteiger partial charge is 0.338 e. The van der Waals surface area contributed by atoms with Crippen LogP contribution in [0.2, 0.25) is 0 Å². The van der Waals surface area contributed by atoms with Crippen molar-refractivity contribution in [1.29, 1.82) is 0 Å². The summed E-state index contributed by atoms with van der Waals surface area (Å²) in [4.78, 5) is 16.3. The molecule has 3 aromatic heterocycles. The Bertz CT molecular complexity index is 1170. The number of aromatic nitrogens is 3. The number of rotatable bonds is 2. The van der Waals surface area contributed by atoms with Crippen LogP contribution in [0.25, 0.3) is 21.1 Å². The molecule has 1 aliphatic carbocycles. The molecule has 28 heavy (non-hydrogen) atoms. The van der Waals surface area contributed by atoms with Crippen LogP contribution < -0.4 is 5.32 Å². The Morgan fingerprint density at radius 1 is 1.07 bits per heavy atom. The lowest BCUT2D eigenvalue weighted by molar-refractivity contribution is 0.218. The van der Waals surface area contributed by atoms with E-state index in [1.165, 1.54) is 22.2 Å².